The van der Waals surface area contributed by atoms with Crippen LogP contribution in [0.25, 0.3) is 0 Å². The maximum Gasteiger partial charge on any atom is 0.322 e. The summed E-state index contributed by atoms with van der Waals surface area (Å²) >= 11 is 0. The Morgan fingerprint density at radius 1 is 1.67 bits per heavy atom. The summed E-state index contributed by atoms with van der Waals surface area (Å²) in [5.74, 6) is 0.536. The molecule has 1 amide bonds. The van der Waals surface area contributed by atoms with Crippen LogP contribution in [0.1, 0.15) is 19.7 Å². The monoisotopic (exact) mass is 212 g/mol. The molecule has 0 radical (unpaired) electrons. The molecule has 1 rings (SSSR count). The fourth-order valence-electron chi connectivity index (χ4n) is 1.09. The van der Waals surface area contributed by atoms with Crippen molar-refractivity contribution in [3.8, 4) is 0 Å². The summed E-state index contributed by atoms with van der Waals surface area (Å²) in [6, 6.07) is -0.0901. The molecule has 1 heterocycles. The third kappa shape index (κ3) is 2.93. The first kappa shape index (κ1) is 11.5. The number of hydrogen-bond acceptors (Lipinski definition) is 5. The molecule has 6 nitrogen and oxygen atoms in total. The first-order valence-corrected chi connectivity index (χ1v) is 4.86. The number of aryl methyl sites for hydroxylation is 1. The van der Waals surface area contributed by atoms with E-state index in [4.69, 9.17) is 4.52 Å². The largest absolute Gasteiger partial charge is 0.344 e. The molecule has 1 atom stereocenters. The lowest BCUT2D eigenvalue weighted by atomic mass is 10.3. The van der Waals surface area contributed by atoms with Crippen LogP contribution in [0.5, 0.6) is 0 Å². The van der Waals surface area contributed by atoms with Gasteiger partial charge in [-0.05, 0) is 20.8 Å². The summed E-state index contributed by atoms with van der Waals surface area (Å²) < 4.78 is 4.86. The number of likely N-dealkylation sites (N-methyl/N-ethyl adjacent to an activating group) is 1. The smallest absolute Gasteiger partial charge is 0.322 e. The molecule has 6 heteroatoms. The van der Waals surface area contributed by atoms with Crippen LogP contribution in [0.3, 0.4) is 0 Å². The Morgan fingerprint density at radius 2 is 2.33 bits per heavy atom. The van der Waals surface area contributed by atoms with Crippen molar-refractivity contribution >= 4 is 11.9 Å². The van der Waals surface area contributed by atoms with Gasteiger partial charge in [-0.15, -0.1) is 0 Å². The van der Waals surface area contributed by atoms with Crippen LogP contribution < -0.4 is 5.32 Å². The Bertz CT molecular complexity index is 337. The van der Waals surface area contributed by atoms with Crippen molar-refractivity contribution in [1.29, 1.82) is 0 Å². The van der Waals surface area contributed by atoms with Crippen LogP contribution in [0.4, 0.5) is 6.01 Å². The molecule has 0 saturated heterocycles. The molecule has 1 unspecified atom stereocenters. The van der Waals surface area contributed by atoms with Gasteiger partial charge in [-0.3, -0.25) is 4.79 Å². The molecule has 0 aromatic carbocycles. The lowest BCUT2D eigenvalue weighted by Crippen LogP contribution is -2.38. The van der Waals surface area contributed by atoms with Gasteiger partial charge in [-0.1, -0.05) is 5.16 Å². The zero-order chi connectivity index (χ0) is 11.4. The van der Waals surface area contributed by atoms with Crippen molar-refractivity contribution in [2.24, 2.45) is 0 Å². The first-order chi connectivity index (χ1) is 7.04. The van der Waals surface area contributed by atoms with E-state index < -0.39 is 0 Å². The summed E-state index contributed by atoms with van der Waals surface area (Å²) in [7, 11) is 1.75. The molecule has 0 aliphatic carbocycles. The SMILES string of the molecule is CCN(C)C(=O)C(C)Nc1nc(C)no1. The molecule has 0 aliphatic heterocycles. The third-order valence-electron chi connectivity index (χ3n) is 2.09. The number of carbonyl (C=O) groups is 1. The van der Waals surface area contributed by atoms with Crippen LogP contribution in [0.15, 0.2) is 4.52 Å². The molecular weight excluding hydrogens is 196 g/mol. The van der Waals surface area contributed by atoms with E-state index in [1.54, 1.807) is 25.8 Å². The van der Waals surface area contributed by atoms with Crippen molar-refractivity contribution in [1.82, 2.24) is 15.0 Å². The van der Waals surface area contributed by atoms with Crippen molar-refractivity contribution in [3.63, 3.8) is 0 Å². The van der Waals surface area contributed by atoms with Crippen molar-refractivity contribution in [3.05, 3.63) is 5.82 Å². The van der Waals surface area contributed by atoms with E-state index in [0.717, 1.165) is 0 Å². The minimum Gasteiger partial charge on any atom is -0.344 e. The number of nitrogens with zero attached hydrogens (tertiary/aromatic N) is 3. The number of anilines is 1. The topological polar surface area (TPSA) is 71.3 Å². The minimum absolute atomic E-state index is 0.00615. The molecule has 0 fully saturated rings. The average Bonchev–Trinajstić information content (AvgIpc) is 2.61. The van der Waals surface area contributed by atoms with Gasteiger partial charge in [-0.2, -0.15) is 4.98 Å². The second-order valence-corrected chi connectivity index (χ2v) is 3.37. The highest BCUT2D eigenvalue weighted by Gasteiger charge is 2.17. The standard InChI is InChI=1S/C9H16N4O2/c1-5-13(4)8(14)6(2)10-9-11-7(3)12-15-9/h6H,5H2,1-4H3,(H,10,11,12). The Labute approximate surface area is 88.6 Å². The molecule has 1 aromatic heterocycles. The van der Waals surface area contributed by atoms with Gasteiger partial charge in [0.15, 0.2) is 5.82 Å². The van der Waals surface area contributed by atoms with Gasteiger partial charge in [0.2, 0.25) is 5.91 Å². The summed E-state index contributed by atoms with van der Waals surface area (Å²) in [4.78, 5) is 17.2. The van der Waals surface area contributed by atoms with Crippen LogP contribution in [0.2, 0.25) is 0 Å². The van der Waals surface area contributed by atoms with Crippen molar-refractivity contribution in [2.45, 2.75) is 26.8 Å². The van der Waals surface area contributed by atoms with Gasteiger partial charge in [0, 0.05) is 13.6 Å². The second-order valence-electron chi connectivity index (χ2n) is 3.37. The van der Waals surface area contributed by atoms with E-state index in [2.05, 4.69) is 15.5 Å². The van der Waals surface area contributed by atoms with E-state index in [-0.39, 0.29) is 18.0 Å². The molecular formula is C9H16N4O2. The van der Waals surface area contributed by atoms with Crippen molar-refractivity contribution < 1.29 is 9.32 Å². The maximum atomic E-state index is 11.7. The molecule has 1 N–H and O–H groups in total. The molecule has 0 aliphatic rings. The third-order valence-corrected chi connectivity index (χ3v) is 2.09. The first-order valence-electron chi connectivity index (χ1n) is 4.86. The van der Waals surface area contributed by atoms with E-state index in [1.807, 2.05) is 6.92 Å². The number of rotatable bonds is 4. The van der Waals surface area contributed by atoms with Gasteiger partial charge < -0.3 is 14.7 Å². The van der Waals surface area contributed by atoms with Gasteiger partial charge in [0.1, 0.15) is 6.04 Å². The van der Waals surface area contributed by atoms with Crippen LogP contribution in [0, 0.1) is 6.92 Å². The summed E-state index contributed by atoms with van der Waals surface area (Å²) in [6.07, 6.45) is 0. The predicted molar refractivity (Wildman–Crippen MR) is 55.4 cm³/mol. The van der Waals surface area contributed by atoms with Gasteiger partial charge >= 0.3 is 6.01 Å². The number of nitrogens with one attached hydrogen (secondary N) is 1. The van der Waals surface area contributed by atoms with E-state index in [9.17, 15) is 4.79 Å². The van der Waals surface area contributed by atoms with Crippen LogP contribution in [-0.2, 0) is 4.79 Å². The number of carbonyl (C=O) groups excluding carboxylic acids is 1. The maximum absolute atomic E-state index is 11.7. The predicted octanol–water partition coefficient (Wildman–Crippen LogP) is 0.657. The van der Waals surface area contributed by atoms with Crippen LogP contribution in [-0.4, -0.2) is 40.6 Å². The number of amides is 1. The normalized spacial score (nSPS) is 12.3. The molecule has 0 spiro atoms. The van der Waals surface area contributed by atoms with Gasteiger partial charge in [-0.25, -0.2) is 0 Å². The molecule has 15 heavy (non-hydrogen) atoms. The highest BCUT2D eigenvalue weighted by atomic mass is 16.5. The molecule has 0 saturated carbocycles. The number of hydrogen-bond donors (Lipinski definition) is 1. The van der Waals surface area contributed by atoms with E-state index in [0.29, 0.717) is 12.4 Å². The van der Waals surface area contributed by atoms with Crippen molar-refractivity contribution in [2.75, 3.05) is 18.9 Å². The number of aromatic nitrogens is 2. The zero-order valence-corrected chi connectivity index (χ0v) is 9.44. The molecule has 1 aromatic rings. The molecule has 84 valence electrons. The summed E-state index contributed by atoms with van der Waals surface area (Å²) in [5.41, 5.74) is 0. The fourth-order valence-corrected chi connectivity index (χ4v) is 1.09. The quantitative estimate of drug-likeness (QED) is 0.793. The van der Waals surface area contributed by atoms with Gasteiger partial charge in [0.05, 0.1) is 0 Å². The Morgan fingerprint density at radius 3 is 2.80 bits per heavy atom. The Kier molecular flexibility index (Phi) is 3.65. The highest BCUT2D eigenvalue weighted by molar-refractivity contribution is 5.83. The minimum atomic E-state index is -0.366. The van der Waals surface area contributed by atoms with Gasteiger partial charge in [0.25, 0.3) is 0 Å². The average molecular weight is 212 g/mol. The Balaban J connectivity index is 2.55. The van der Waals surface area contributed by atoms with Crippen LogP contribution >= 0.6 is 0 Å². The fraction of sp³-hybridized carbons (Fsp3) is 0.667. The summed E-state index contributed by atoms with van der Waals surface area (Å²) in [6.45, 7) is 6.07. The molecule has 0 bridgehead atoms. The summed E-state index contributed by atoms with van der Waals surface area (Å²) in [5, 5.41) is 6.47. The lowest BCUT2D eigenvalue weighted by molar-refractivity contribution is -0.130. The van der Waals surface area contributed by atoms with E-state index in [1.165, 1.54) is 0 Å². The zero-order valence-electron chi connectivity index (χ0n) is 9.44. The Hall–Kier alpha value is -1.59. The second kappa shape index (κ2) is 4.77. The van der Waals surface area contributed by atoms with E-state index >= 15 is 0 Å². The lowest BCUT2D eigenvalue weighted by Gasteiger charge is -2.19. The highest BCUT2D eigenvalue weighted by Crippen LogP contribution is 2.05.